The SMILES string of the molecule is Cc1ccsc1CNCCCc1ccccc1N. The number of hydrogen-bond donors (Lipinski definition) is 2. The topological polar surface area (TPSA) is 38.0 Å². The molecule has 0 amide bonds. The fraction of sp³-hybridized carbons (Fsp3) is 0.333. The first-order valence-electron chi connectivity index (χ1n) is 6.34. The van der Waals surface area contributed by atoms with Crippen LogP contribution in [0.1, 0.15) is 22.4 Å². The molecule has 18 heavy (non-hydrogen) atoms. The molecule has 0 aliphatic carbocycles. The molecule has 1 aromatic carbocycles. The lowest BCUT2D eigenvalue weighted by molar-refractivity contribution is 0.653. The number of rotatable bonds is 6. The molecule has 0 aliphatic heterocycles. The normalized spacial score (nSPS) is 10.7. The number of thiophene rings is 1. The van der Waals surface area contributed by atoms with Crippen LogP contribution >= 0.6 is 11.3 Å². The van der Waals surface area contributed by atoms with Crippen molar-refractivity contribution in [1.82, 2.24) is 5.32 Å². The molecular weight excluding hydrogens is 240 g/mol. The van der Waals surface area contributed by atoms with Gasteiger partial charge in [0.1, 0.15) is 0 Å². The van der Waals surface area contributed by atoms with Gasteiger partial charge in [-0.2, -0.15) is 0 Å². The van der Waals surface area contributed by atoms with E-state index in [1.54, 1.807) is 0 Å². The number of para-hydroxylation sites is 1. The van der Waals surface area contributed by atoms with E-state index in [2.05, 4.69) is 29.8 Å². The average molecular weight is 260 g/mol. The summed E-state index contributed by atoms with van der Waals surface area (Å²) in [6.45, 7) is 4.18. The van der Waals surface area contributed by atoms with Crippen molar-refractivity contribution in [2.45, 2.75) is 26.3 Å². The monoisotopic (exact) mass is 260 g/mol. The first-order chi connectivity index (χ1) is 8.77. The fourth-order valence-electron chi connectivity index (χ4n) is 1.95. The molecule has 0 atom stereocenters. The van der Waals surface area contributed by atoms with Crippen molar-refractivity contribution in [1.29, 1.82) is 0 Å². The zero-order valence-corrected chi connectivity index (χ0v) is 11.6. The van der Waals surface area contributed by atoms with Gasteiger partial charge in [0.2, 0.25) is 0 Å². The molecular formula is C15H20N2S. The van der Waals surface area contributed by atoms with Gasteiger partial charge >= 0.3 is 0 Å². The highest BCUT2D eigenvalue weighted by atomic mass is 32.1. The molecule has 2 rings (SSSR count). The van der Waals surface area contributed by atoms with Gasteiger partial charge in [0.25, 0.3) is 0 Å². The molecule has 2 aromatic rings. The maximum Gasteiger partial charge on any atom is 0.0346 e. The predicted octanol–water partition coefficient (Wildman–Crippen LogP) is 3.36. The minimum Gasteiger partial charge on any atom is -0.399 e. The molecule has 0 fully saturated rings. The third-order valence-corrected chi connectivity index (χ3v) is 4.13. The number of aryl methyl sites for hydroxylation is 2. The van der Waals surface area contributed by atoms with Crippen molar-refractivity contribution in [3.63, 3.8) is 0 Å². The quantitative estimate of drug-likeness (QED) is 0.617. The Morgan fingerprint density at radius 3 is 2.78 bits per heavy atom. The summed E-state index contributed by atoms with van der Waals surface area (Å²) in [5.74, 6) is 0. The van der Waals surface area contributed by atoms with Crippen molar-refractivity contribution in [3.05, 3.63) is 51.7 Å². The van der Waals surface area contributed by atoms with Crippen LogP contribution in [0.3, 0.4) is 0 Å². The number of anilines is 1. The Balaban J connectivity index is 1.68. The molecule has 2 nitrogen and oxygen atoms in total. The van der Waals surface area contributed by atoms with E-state index in [9.17, 15) is 0 Å². The Labute approximate surface area is 113 Å². The third-order valence-electron chi connectivity index (χ3n) is 3.11. The average Bonchev–Trinajstić information content (AvgIpc) is 2.77. The second kappa shape index (κ2) is 6.57. The first-order valence-corrected chi connectivity index (χ1v) is 7.22. The Hall–Kier alpha value is -1.32. The number of nitrogens with one attached hydrogen (secondary N) is 1. The highest BCUT2D eigenvalue weighted by Gasteiger charge is 2.00. The lowest BCUT2D eigenvalue weighted by Gasteiger charge is -2.06. The lowest BCUT2D eigenvalue weighted by atomic mass is 10.1. The van der Waals surface area contributed by atoms with E-state index >= 15 is 0 Å². The van der Waals surface area contributed by atoms with E-state index < -0.39 is 0 Å². The van der Waals surface area contributed by atoms with Crippen LogP contribution in [0.2, 0.25) is 0 Å². The summed E-state index contributed by atoms with van der Waals surface area (Å²) < 4.78 is 0. The summed E-state index contributed by atoms with van der Waals surface area (Å²) in [7, 11) is 0. The van der Waals surface area contributed by atoms with Crippen molar-refractivity contribution in [3.8, 4) is 0 Å². The Kier molecular flexibility index (Phi) is 4.79. The van der Waals surface area contributed by atoms with E-state index in [1.165, 1.54) is 16.0 Å². The fourth-order valence-corrected chi connectivity index (χ4v) is 2.83. The smallest absolute Gasteiger partial charge is 0.0346 e. The summed E-state index contributed by atoms with van der Waals surface area (Å²) in [6, 6.07) is 10.3. The standard InChI is InChI=1S/C15H20N2S/c1-12-8-10-18-15(12)11-17-9-4-6-13-5-2-3-7-14(13)16/h2-3,5,7-8,10,17H,4,6,9,11,16H2,1H3. The Bertz CT molecular complexity index is 491. The molecule has 0 aliphatic rings. The Morgan fingerprint density at radius 2 is 2.06 bits per heavy atom. The molecule has 1 aromatic heterocycles. The van der Waals surface area contributed by atoms with Crippen LogP contribution in [0.15, 0.2) is 35.7 Å². The first kappa shape index (κ1) is 13.1. The summed E-state index contributed by atoms with van der Waals surface area (Å²) >= 11 is 1.82. The van der Waals surface area contributed by atoms with Crippen LogP contribution in [0, 0.1) is 6.92 Å². The second-order valence-corrected chi connectivity index (χ2v) is 5.51. The summed E-state index contributed by atoms with van der Waals surface area (Å²) in [6.07, 6.45) is 2.17. The van der Waals surface area contributed by atoms with Gasteiger partial charge in [0, 0.05) is 17.1 Å². The van der Waals surface area contributed by atoms with E-state index in [1.807, 2.05) is 29.5 Å². The number of benzene rings is 1. The minimum atomic E-state index is 0.909. The van der Waals surface area contributed by atoms with E-state index in [0.717, 1.165) is 31.6 Å². The summed E-state index contributed by atoms with van der Waals surface area (Å²) in [4.78, 5) is 1.44. The second-order valence-electron chi connectivity index (χ2n) is 4.51. The molecule has 0 saturated heterocycles. The summed E-state index contributed by atoms with van der Waals surface area (Å²) in [5.41, 5.74) is 9.47. The molecule has 0 spiro atoms. The van der Waals surface area contributed by atoms with Gasteiger partial charge in [-0.05, 0) is 54.9 Å². The maximum absolute atomic E-state index is 5.91. The molecule has 96 valence electrons. The van der Waals surface area contributed by atoms with Gasteiger partial charge < -0.3 is 11.1 Å². The highest BCUT2D eigenvalue weighted by molar-refractivity contribution is 7.10. The van der Waals surface area contributed by atoms with Crippen molar-refractivity contribution >= 4 is 17.0 Å². The molecule has 3 heteroatoms. The van der Waals surface area contributed by atoms with Gasteiger partial charge in [0.05, 0.1) is 0 Å². The van der Waals surface area contributed by atoms with Crippen LogP contribution < -0.4 is 11.1 Å². The zero-order chi connectivity index (χ0) is 12.8. The van der Waals surface area contributed by atoms with E-state index in [-0.39, 0.29) is 0 Å². The van der Waals surface area contributed by atoms with Crippen molar-refractivity contribution in [2.75, 3.05) is 12.3 Å². The molecule has 0 bridgehead atoms. The lowest BCUT2D eigenvalue weighted by Crippen LogP contribution is -2.15. The van der Waals surface area contributed by atoms with Crippen LogP contribution in [0.5, 0.6) is 0 Å². The Morgan fingerprint density at radius 1 is 1.22 bits per heavy atom. The molecule has 0 unspecified atom stereocenters. The van der Waals surface area contributed by atoms with Crippen molar-refractivity contribution in [2.24, 2.45) is 0 Å². The molecule has 3 N–H and O–H groups in total. The third kappa shape index (κ3) is 3.59. The van der Waals surface area contributed by atoms with Crippen molar-refractivity contribution < 1.29 is 0 Å². The van der Waals surface area contributed by atoms with E-state index in [0.29, 0.717) is 0 Å². The summed E-state index contributed by atoms with van der Waals surface area (Å²) in [5, 5.41) is 5.64. The molecule has 1 heterocycles. The van der Waals surface area contributed by atoms with Crippen LogP contribution in [0.25, 0.3) is 0 Å². The predicted molar refractivity (Wildman–Crippen MR) is 79.9 cm³/mol. The van der Waals surface area contributed by atoms with Crippen LogP contribution in [-0.4, -0.2) is 6.54 Å². The minimum absolute atomic E-state index is 0.909. The van der Waals surface area contributed by atoms with Crippen LogP contribution in [0.4, 0.5) is 5.69 Å². The molecule has 0 radical (unpaired) electrons. The number of hydrogen-bond acceptors (Lipinski definition) is 3. The highest BCUT2D eigenvalue weighted by Crippen LogP contribution is 2.15. The zero-order valence-electron chi connectivity index (χ0n) is 10.8. The maximum atomic E-state index is 5.91. The number of nitrogen functional groups attached to an aromatic ring is 1. The number of nitrogens with two attached hydrogens (primary N) is 1. The largest absolute Gasteiger partial charge is 0.399 e. The van der Waals surface area contributed by atoms with E-state index in [4.69, 9.17) is 5.73 Å². The van der Waals surface area contributed by atoms with Gasteiger partial charge in [-0.25, -0.2) is 0 Å². The van der Waals surface area contributed by atoms with Gasteiger partial charge in [-0.3, -0.25) is 0 Å². The van der Waals surface area contributed by atoms with Crippen LogP contribution in [-0.2, 0) is 13.0 Å². The van der Waals surface area contributed by atoms with Gasteiger partial charge in [-0.1, -0.05) is 18.2 Å². The molecule has 0 saturated carbocycles. The van der Waals surface area contributed by atoms with Gasteiger partial charge in [-0.15, -0.1) is 11.3 Å². The van der Waals surface area contributed by atoms with Gasteiger partial charge in [0.15, 0.2) is 0 Å².